The minimum atomic E-state index is 0.270. The Hall–Kier alpha value is -1.72. The molecule has 1 aromatic heterocycles. The predicted octanol–water partition coefficient (Wildman–Crippen LogP) is 4.48. The highest BCUT2D eigenvalue weighted by Gasteiger charge is 2.30. The van der Waals surface area contributed by atoms with Crippen molar-refractivity contribution in [2.45, 2.75) is 49.1 Å². The predicted molar refractivity (Wildman–Crippen MR) is 108 cm³/mol. The second kappa shape index (κ2) is 8.53. The highest BCUT2D eigenvalue weighted by atomic mass is 32.2. The summed E-state index contributed by atoms with van der Waals surface area (Å²) in [6, 6.07) is 12.7. The number of nitrogens with zero attached hydrogens (tertiary/aromatic N) is 1. The fraction of sp³-hybridized carbons (Fsp3) is 0.500. The maximum Gasteiger partial charge on any atom is 0.223 e. The van der Waals surface area contributed by atoms with Crippen molar-refractivity contribution in [2.75, 3.05) is 19.6 Å². The van der Waals surface area contributed by atoms with Gasteiger partial charge in [0.15, 0.2) is 5.09 Å². The van der Waals surface area contributed by atoms with E-state index in [4.69, 9.17) is 4.42 Å². The molecule has 1 saturated heterocycles. The number of nitrogens with one attached hydrogen (secondary N) is 1. The van der Waals surface area contributed by atoms with Crippen molar-refractivity contribution in [3.05, 3.63) is 47.7 Å². The van der Waals surface area contributed by atoms with Crippen LogP contribution in [0.3, 0.4) is 0 Å². The molecule has 1 aliphatic heterocycles. The fourth-order valence-corrected chi connectivity index (χ4v) is 4.31. The van der Waals surface area contributed by atoms with Gasteiger partial charge in [-0.25, -0.2) is 0 Å². The minimum absolute atomic E-state index is 0.270. The molecule has 2 aromatic rings. The third-order valence-corrected chi connectivity index (χ3v) is 6.40. The van der Waals surface area contributed by atoms with Gasteiger partial charge in [0, 0.05) is 17.4 Å². The summed E-state index contributed by atoms with van der Waals surface area (Å²) >= 11 is 1.67. The topological polar surface area (TPSA) is 45.5 Å². The summed E-state index contributed by atoms with van der Waals surface area (Å²) < 4.78 is 6.02. The van der Waals surface area contributed by atoms with Crippen LogP contribution in [-0.4, -0.2) is 30.4 Å². The minimum Gasteiger partial charge on any atom is -0.453 e. The lowest BCUT2D eigenvalue weighted by Crippen LogP contribution is -2.38. The van der Waals surface area contributed by atoms with Gasteiger partial charge in [0.1, 0.15) is 5.76 Å². The van der Waals surface area contributed by atoms with Crippen molar-refractivity contribution < 1.29 is 9.21 Å². The number of carbonyl (C=O) groups is 1. The van der Waals surface area contributed by atoms with E-state index in [1.807, 2.05) is 0 Å². The van der Waals surface area contributed by atoms with E-state index in [-0.39, 0.29) is 5.91 Å². The molecule has 1 aromatic carbocycles. The van der Waals surface area contributed by atoms with Crippen LogP contribution < -0.4 is 5.32 Å². The number of likely N-dealkylation sites (tertiary alicyclic amines) is 1. The average molecular weight is 385 g/mol. The Morgan fingerprint density at radius 1 is 1.11 bits per heavy atom. The molecule has 2 aliphatic rings. The maximum atomic E-state index is 11.8. The molecule has 2 heterocycles. The van der Waals surface area contributed by atoms with Crippen LogP contribution in [0.15, 0.2) is 50.8 Å². The number of amides is 1. The molecule has 1 aliphatic carbocycles. The second-order valence-electron chi connectivity index (χ2n) is 7.87. The third kappa shape index (κ3) is 5.39. The van der Waals surface area contributed by atoms with Crippen LogP contribution in [0.4, 0.5) is 0 Å². The van der Waals surface area contributed by atoms with E-state index in [1.54, 1.807) is 11.8 Å². The molecular weight excluding hydrogens is 356 g/mol. The van der Waals surface area contributed by atoms with Crippen molar-refractivity contribution >= 4 is 17.7 Å². The Morgan fingerprint density at radius 2 is 1.85 bits per heavy atom. The Kier molecular flexibility index (Phi) is 5.89. The van der Waals surface area contributed by atoms with Crippen molar-refractivity contribution in [3.8, 4) is 0 Å². The number of furan rings is 1. The van der Waals surface area contributed by atoms with Crippen molar-refractivity contribution in [3.63, 3.8) is 0 Å². The first-order chi connectivity index (χ1) is 13.2. The molecule has 1 saturated carbocycles. The first kappa shape index (κ1) is 18.6. The zero-order valence-electron chi connectivity index (χ0n) is 15.9. The molecule has 144 valence electrons. The molecule has 5 heteroatoms. The van der Waals surface area contributed by atoms with Crippen LogP contribution in [0.5, 0.6) is 0 Å². The van der Waals surface area contributed by atoms with Crippen molar-refractivity contribution in [2.24, 2.45) is 11.8 Å². The molecule has 0 bridgehead atoms. The summed E-state index contributed by atoms with van der Waals surface area (Å²) in [6.45, 7) is 5.97. The first-order valence-electron chi connectivity index (χ1n) is 9.99. The number of rotatable bonds is 7. The number of hydrogen-bond donors (Lipinski definition) is 1. The summed E-state index contributed by atoms with van der Waals surface area (Å²) in [6.07, 6.45) is 4.46. The molecule has 4 rings (SSSR count). The maximum absolute atomic E-state index is 11.8. The molecule has 2 fully saturated rings. The highest BCUT2D eigenvalue weighted by Crippen LogP contribution is 2.31. The van der Waals surface area contributed by atoms with Gasteiger partial charge in [-0.1, -0.05) is 29.5 Å². The zero-order chi connectivity index (χ0) is 18.6. The summed E-state index contributed by atoms with van der Waals surface area (Å²) in [5.74, 6) is 2.24. The molecular formula is C22H28N2O2S. The Balaban J connectivity index is 1.20. The van der Waals surface area contributed by atoms with Crippen molar-refractivity contribution in [1.29, 1.82) is 0 Å². The van der Waals surface area contributed by atoms with E-state index in [1.165, 1.54) is 10.5 Å². The number of aryl methyl sites for hydroxylation is 1. The van der Waals surface area contributed by atoms with Crippen LogP contribution >= 0.6 is 11.8 Å². The molecule has 4 nitrogen and oxygen atoms in total. The van der Waals surface area contributed by atoms with Gasteiger partial charge in [-0.2, -0.15) is 0 Å². The monoisotopic (exact) mass is 384 g/mol. The van der Waals surface area contributed by atoms with E-state index < -0.39 is 0 Å². The van der Waals surface area contributed by atoms with Gasteiger partial charge in [-0.05, 0) is 75.9 Å². The van der Waals surface area contributed by atoms with Gasteiger partial charge in [-0.15, -0.1) is 0 Å². The summed E-state index contributed by atoms with van der Waals surface area (Å²) in [4.78, 5) is 15.4. The van der Waals surface area contributed by atoms with Gasteiger partial charge >= 0.3 is 0 Å². The summed E-state index contributed by atoms with van der Waals surface area (Å²) in [7, 11) is 0. The van der Waals surface area contributed by atoms with E-state index in [0.29, 0.717) is 11.8 Å². The van der Waals surface area contributed by atoms with Gasteiger partial charge in [-0.3, -0.25) is 9.69 Å². The summed E-state index contributed by atoms with van der Waals surface area (Å²) in [5, 5.41) is 4.08. The quantitative estimate of drug-likeness (QED) is 0.765. The molecule has 0 spiro atoms. The molecule has 1 N–H and O–H groups in total. The van der Waals surface area contributed by atoms with Gasteiger partial charge in [0.2, 0.25) is 5.91 Å². The first-order valence-corrected chi connectivity index (χ1v) is 10.8. The number of carbonyl (C=O) groups excluding carboxylic acids is 1. The Bertz CT molecular complexity index is 759. The lowest BCUT2D eigenvalue weighted by atomic mass is 9.96. The van der Waals surface area contributed by atoms with Gasteiger partial charge in [0.25, 0.3) is 0 Å². The van der Waals surface area contributed by atoms with Crippen LogP contribution in [-0.2, 0) is 11.3 Å². The van der Waals surface area contributed by atoms with E-state index in [9.17, 15) is 4.79 Å². The van der Waals surface area contributed by atoms with Crippen LogP contribution in [0.25, 0.3) is 0 Å². The largest absolute Gasteiger partial charge is 0.453 e. The fourth-order valence-electron chi connectivity index (χ4n) is 3.52. The normalized spacial score (nSPS) is 18.6. The number of piperidine rings is 1. The van der Waals surface area contributed by atoms with E-state index in [2.05, 4.69) is 53.5 Å². The Labute approximate surface area is 165 Å². The molecule has 0 unspecified atom stereocenters. The highest BCUT2D eigenvalue weighted by molar-refractivity contribution is 7.99. The van der Waals surface area contributed by atoms with Crippen LogP contribution in [0.2, 0.25) is 0 Å². The smallest absolute Gasteiger partial charge is 0.223 e. The van der Waals surface area contributed by atoms with Crippen LogP contribution in [0, 0.1) is 18.8 Å². The number of benzene rings is 1. The molecule has 27 heavy (non-hydrogen) atoms. The lowest BCUT2D eigenvalue weighted by Gasteiger charge is -2.31. The van der Waals surface area contributed by atoms with E-state index in [0.717, 1.165) is 62.7 Å². The van der Waals surface area contributed by atoms with Gasteiger partial charge < -0.3 is 9.73 Å². The molecule has 1 amide bonds. The zero-order valence-corrected chi connectivity index (χ0v) is 16.8. The van der Waals surface area contributed by atoms with Crippen LogP contribution in [0.1, 0.15) is 37.0 Å². The molecule has 0 atom stereocenters. The average Bonchev–Trinajstić information content (AvgIpc) is 3.44. The van der Waals surface area contributed by atoms with E-state index >= 15 is 0 Å². The van der Waals surface area contributed by atoms with Gasteiger partial charge in [0.05, 0.1) is 6.54 Å². The number of hydrogen-bond acceptors (Lipinski definition) is 4. The summed E-state index contributed by atoms with van der Waals surface area (Å²) in [5.41, 5.74) is 1.27. The molecule has 0 radical (unpaired) electrons. The standard InChI is InChI=1S/C22H28N2O2S/c1-16-2-7-20(8-3-16)27-21-9-6-19(26-21)15-24-12-10-17(11-13-24)14-23-22(25)18-4-5-18/h2-3,6-9,17-18H,4-5,10-15H2,1H3,(H,23,25). The Morgan fingerprint density at radius 3 is 2.56 bits per heavy atom. The SMILES string of the molecule is Cc1ccc(Sc2ccc(CN3CCC(CNC(=O)C4CC4)CC3)o2)cc1. The third-order valence-electron chi connectivity index (χ3n) is 5.48. The second-order valence-corrected chi connectivity index (χ2v) is 8.95. The lowest BCUT2D eigenvalue weighted by molar-refractivity contribution is -0.122. The van der Waals surface area contributed by atoms with Crippen molar-refractivity contribution in [1.82, 2.24) is 10.2 Å².